The molecule has 0 amide bonds. The molecule has 0 aliphatic rings. The van der Waals surface area contributed by atoms with Crippen molar-refractivity contribution in [3.63, 3.8) is 0 Å². The van der Waals surface area contributed by atoms with Crippen molar-refractivity contribution in [3.8, 4) is 0 Å². The lowest BCUT2D eigenvalue weighted by Gasteiger charge is -2.15. The van der Waals surface area contributed by atoms with Crippen LogP contribution in [0.3, 0.4) is 0 Å². The van der Waals surface area contributed by atoms with Crippen molar-refractivity contribution in [2.24, 2.45) is 0 Å². The number of aldehydes is 1. The van der Waals surface area contributed by atoms with E-state index in [0.717, 1.165) is 31.4 Å². The Morgan fingerprint density at radius 3 is 2.45 bits per heavy atom. The van der Waals surface area contributed by atoms with Gasteiger partial charge in [-0.05, 0) is 18.4 Å². The first-order valence-corrected chi connectivity index (χ1v) is 7.08. The third-order valence-electron chi connectivity index (χ3n) is 3.32. The van der Waals surface area contributed by atoms with E-state index in [0.29, 0.717) is 5.56 Å². The molecule has 0 saturated heterocycles. The highest BCUT2D eigenvalue weighted by Gasteiger charge is 2.21. The molecule has 1 heterocycles. The first-order chi connectivity index (χ1) is 9.50. The highest BCUT2D eigenvalue weighted by molar-refractivity contribution is 5.76. The Morgan fingerprint density at radius 1 is 1.20 bits per heavy atom. The van der Waals surface area contributed by atoms with Gasteiger partial charge in [0, 0.05) is 18.2 Å². The molecule has 106 valence electrons. The van der Waals surface area contributed by atoms with Crippen molar-refractivity contribution in [3.05, 3.63) is 53.3 Å². The number of nitrogens with zero attached hydrogens (tertiary/aromatic N) is 2. The maximum absolute atomic E-state index is 11.1. The smallest absolute Gasteiger partial charge is 0.153 e. The van der Waals surface area contributed by atoms with Crippen molar-refractivity contribution in [2.75, 3.05) is 0 Å². The van der Waals surface area contributed by atoms with Crippen LogP contribution in [0.15, 0.2) is 36.5 Å². The van der Waals surface area contributed by atoms with Crippen molar-refractivity contribution < 1.29 is 4.79 Å². The zero-order chi connectivity index (χ0) is 14.6. The van der Waals surface area contributed by atoms with E-state index in [1.807, 2.05) is 16.9 Å². The van der Waals surface area contributed by atoms with Crippen LogP contribution in [0.25, 0.3) is 0 Å². The van der Waals surface area contributed by atoms with Gasteiger partial charge in [0.05, 0.1) is 11.3 Å². The van der Waals surface area contributed by atoms with Crippen molar-refractivity contribution in [1.29, 1.82) is 0 Å². The Morgan fingerprint density at radius 2 is 1.90 bits per heavy atom. The maximum Gasteiger partial charge on any atom is 0.153 e. The van der Waals surface area contributed by atoms with E-state index in [2.05, 4.69) is 50.1 Å². The standard InChI is InChI=1S/C17H22N2O/c1-17(2,3)16-15(13-20)12-19(18-16)11-7-10-14-8-5-4-6-9-14/h4-6,8-9,12-13H,7,10-11H2,1-3H3. The maximum atomic E-state index is 11.1. The molecule has 0 radical (unpaired) electrons. The van der Waals surface area contributed by atoms with E-state index >= 15 is 0 Å². The fourth-order valence-corrected chi connectivity index (χ4v) is 2.31. The van der Waals surface area contributed by atoms with Crippen LogP contribution in [0.4, 0.5) is 0 Å². The van der Waals surface area contributed by atoms with Crippen LogP contribution >= 0.6 is 0 Å². The van der Waals surface area contributed by atoms with Gasteiger partial charge in [-0.1, -0.05) is 51.1 Å². The number of hydrogen-bond donors (Lipinski definition) is 0. The van der Waals surface area contributed by atoms with Crippen LogP contribution in [-0.2, 0) is 18.4 Å². The van der Waals surface area contributed by atoms with Gasteiger partial charge in [0.2, 0.25) is 0 Å². The summed E-state index contributed by atoms with van der Waals surface area (Å²) in [6.07, 6.45) is 4.81. The van der Waals surface area contributed by atoms with Gasteiger partial charge in [-0.2, -0.15) is 5.10 Å². The van der Waals surface area contributed by atoms with Crippen LogP contribution in [0, 0.1) is 0 Å². The Bertz CT molecular complexity index is 564. The highest BCUT2D eigenvalue weighted by atomic mass is 16.1. The lowest BCUT2D eigenvalue weighted by Crippen LogP contribution is -2.15. The minimum absolute atomic E-state index is 0.0963. The lowest BCUT2D eigenvalue weighted by atomic mass is 9.90. The molecular formula is C17H22N2O. The van der Waals surface area contributed by atoms with Gasteiger partial charge in [-0.3, -0.25) is 9.48 Å². The summed E-state index contributed by atoms with van der Waals surface area (Å²) in [6, 6.07) is 10.4. The van der Waals surface area contributed by atoms with Crippen LogP contribution < -0.4 is 0 Å². The first-order valence-electron chi connectivity index (χ1n) is 7.08. The minimum Gasteiger partial charge on any atom is -0.298 e. The van der Waals surface area contributed by atoms with Gasteiger partial charge >= 0.3 is 0 Å². The zero-order valence-corrected chi connectivity index (χ0v) is 12.5. The number of benzene rings is 1. The molecule has 0 unspecified atom stereocenters. The molecule has 0 spiro atoms. The molecule has 1 aromatic carbocycles. The molecule has 0 bridgehead atoms. The number of rotatable bonds is 5. The van der Waals surface area contributed by atoms with Crippen molar-refractivity contribution >= 4 is 6.29 Å². The summed E-state index contributed by atoms with van der Waals surface area (Å²) in [5.74, 6) is 0. The fraction of sp³-hybridized carbons (Fsp3) is 0.412. The van der Waals surface area contributed by atoms with E-state index in [1.165, 1.54) is 5.56 Å². The molecular weight excluding hydrogens is 248 g/mol. The molecule has 3 nitrogen and oxygen atoms in total. The van der Waals surface area contributed by atoms with Crippen LogP contribution in [-0.4, -0.2) is 16.1 Å². The molecule has 0 aliphatic heterocycles. The molecule has 1 aromatic heterocycles. The second kappa shape index (κ2) is 6.04. The van der Waals surface area contributed by atoms with Gasteiger partial charge in [0.15, 0.2) is 6.29 Å². The average molecular weight is 270 g/mol. The lowest BCUT2D eigenvalue weighted by molar-refractivity contribution is 0.112. The van der Waals surface area contributed by atoms with E-state index in [9.17, 15) is 4.79 Å². The third-order valence-corrected chi connectivity index (χ3v) is 3.32. The predicted octanol–water partition coefficient (Wildman–Crippen LogP) is 3.63. The Kier molecular flexibility index (Phi) is 4.38. The molecule has 0 aliphatic carbocycles. The third kappa shape index (κ3) is 3.56. The monoisotopic (exact) mass is 270 g/mol. The SMILES string of the molecule is CC(C)(C)c1nn(CCCc2ccccc2)cc1C=O. The summed E-state index contributed by atoms with van der Waals surface area (Å²) in [5, 5.41) is 4.57. The Balaban J connectivity index is 2.00. The largest absolute Gasteiger partial charge is 0.298 e. The topological polar surface area (TPSA) is 34.9 Å². The second-order valence-electron chi connectivity index (χ2n) is 6.15. The summed E-state index contributed by atoms with van der Waals surface area (Å²) >= 11 is 0. The van der Waals surface area contributed by atoms with Crippen molar-refractivity contribution in [1.82, 2.24) is 9.78 Å². The van der Waals surface area contributed by atoms with Crippen LogP contribution in [0.5, 0.6) is 0 Å². The minimum atomic E-state index is -0.0963. The van der Waals surface area contributed by atoms with Gasteiger partial charge in [-0.25, -0.2) is 0 Å². The van der Waals surface area contributed by atoms with Gasteiger partial charge in [0.25, 0.3) is 0 Å². The molecule has 0 atom stereocenters. The molecule has 3 heteroatoms. The summed E-state index contributed by atoms with van der Waals surface area (Å²) in [7, 11) is 0. The first kappa shape index (κ1) is 14.5. The molecule has 2 aromatic rings. The van der Waals surface area contributed by atoms with E-state index < -0.39 is 0 Å². The summed E-state index contributed by atoms with van der Waals surface area (Å²) < 4.78 is 1.90. The van der Waals surface area contributed by atoms with E-state index in [1.54, 1.807) is 0 Å². The zero-order valence-electron chi connectivity index (χ0n) is 12.5. The second-order valence-corrected chi connectivity index (χ2v) is 6.15. The van der Waals surface area contributed by atoms with Gasteiger partial charge in [0.1, 0.15) is 0 Å². The molecule has 0 N–H and O–H groups in total. The van der Waals surface area contributed by atoms with Gasteiger partial charge < -0.3 is 0 Å². The summed E-state index contributed by atoms with van der Waals surface area (Å²) in [5.41, 5.74) is 2.83. The Hall–Kier alpha value is -1.90. The number of hydrogen-bond acceptors (Lipinski definition) is 2. The Labute approximate surface area is 120 Å². The number of aromatic nitrogens is 2. The molecule has 0 saturated carbocycles. The highest BCUT2D eigenvalue weighted by Crippen LogP contribution is 2.23. The normalized spacial score (nSPS) is 11.6. The van der Waals surface area contributed by atoms with Crippen LogP contribution in [0.1, 0.15) is 48.8 Å². The van der Waals surface area contributed by atoms with E-state index in [-0.39, 0.29) is 5.41 Å². The fourth-order valence-electron chi connectivity index (χ4n) is 2.31. The molecule has 2 rings (SSSR count). The molecule has 20 heavy (non-hydrogen) atoms. The number of aryl methyl sites for hydroxylation is 2. The summed E-state index contributed by atoms with van der Waals surface area (Å²) in [4.78, 5) is 11.1. The van der Waals surface area contributed by atoms with Crippen molar-refractivity contribution in [2.45, 2.75) is 45.6 Å². The number of carbonyl (C=O) groups excluding carboxylic acids is 1. The average Bonchev–Trinajstić information content (AvgIpc) is 2.83. The quantitative estimate of drug-likeness (QED) is 0.778. The van der Waals surface area contributed by atoms with Crippen LogP contribution in [0.2, 0.25) is 0 Å². The predicted molar refractivity (Wildman–Crippen MR) is 81.1 cm³/mol. The van der Waals surface area contributed by atoms with Gasteiger partial charge in [-0.15, -0.1) is 0 Å². The van der Waals surface area contributed by atoms with E-state index in [4.69, 9.17) is 0 Å². The summed E-state index contributed by atoms with van der Waals surface area (Å²) in [6.45, 7) is 7.08. The molecule has 0 fully saturated rings. The number of carbonyl (C=O) groups is 1.